The van der Waals surface area contributed by atoms with Gasteiger partial charge in [0.2, 0.25) is 0 Å². The first-order valence-electron chi connectivity index (χ1n) is 8.28. The summed E-state index contributed by atoms with van der Waals surface area (Å²) >= 11 is 0. The Labute approximate surface area is 133 Å². The molecule has 6 nitrogen and oxygen atoms in total. The zero-order chi connectivity index (χ0) is 15.6. The largest absolute Gasteiger partial charge is 0.500 e. The highest BCUT2D eigenvalue weighted by molar-refractivity contribution is 6.60. The van der Waals surface area contributed by atoms with Crippen LogP contribution < -0.4 is 0 Å². The quantitative estimate of drug-likeness (QED) is 0.401. The summed E-state index contributed by atoms with van der Waals surface area (Å²) in [7, 11) is 0.736. The van der Waals surface area contributed by atoms with Gasteiger partial charge in [0.05, 0.1) is 43.7 Å². The molecule has 0 saturated carbocycles. The van der Waals surface area contributed by atoms with Crippen LogP contribution in [-0.4, -0.2) is 66.8 Å². The fourth-order valence-corrected chi connectivity index (χ4v) is 5.60. The lowest BCUT2D eigenvalue weighted by atomic mass is 9.87. The minimum atomic E-state index is -2.66. The molecule has 0 spiro atoms. The van der Waals surface area contributed by atoms with Crippen LogP contribution in [0.15, 0.2) is 0 Å². The van der Waals surface area contributed by atoms with Gasteiger partial charge < -0.3 is 27.5 Å². The molecule has 3 rings (SSSR count). The van der Waals surface area contributed by atoms with Crippen LogP contribution in [0.4, 0.5) is 0 Å². The van der Waals surface area contributed by atoms with Gasteiger partial charge in [-0.2, -0.15) is 0 Å². The standard InChI is InChI=1S/C15H28O6Si/c1-4-5-22(16-2,17-3)21-15(6-12-9-18-12,7-13-10-19-13)8-14-11-20-14/h12-14H,4-11H2,1-3H3. The van der Waals surface area contributed by atoms with Gasteiger partial charge in [-0.15, -0.1) is 0 Å². The van der Waals surface area contributed by atoms with Gasteiger partial charge >= 0.3 is 8.80 Å². The molecular formula is C15H28O6Si. The van der Waals surface area contributed by atoms with Crippen molar-refractivity contribution in [2.45, 2.75) is 62.6 Å². The average Bonchev–Trinajstić information content (AvgIpc) is 3.32. The van der Waals surface area contributed by atoms with Crippen LogP contribution >= 0.6 is 0 Å². The molecule has 0 aromatic carbocycles. The maximum atomic E-state index is 6.67. The van der Waals surface area contributed by atoms with E-state index < -0.39 is 8.80 Å². The van der Waals surface area contributed by atoms with Gasteiger partial charge in [0, 0.05) is 39.5 Å². The Balaban J connectivity index is 1.76. The summed E-state index contributed by atoms with van der Waals surface area (Å²) in [5, 5.41) is 0. The Morgan fingerprint density at radius 1 is 0.909 bits per heavy atom. The van der Waals surface area contributed by atoms with Crippen molar-refractivity contribution in [2.24, 2.45) is 0 Å². The lowest BCUT2D eigenvalue weighted by molar-refractivity contribution is -0.0454. The Morgan fingerprint density at radius 3 is 1.59 bits per heavy atom. The predicted octanol–water partition coefficient (Wildman–Crippen LogP) is 1.75. The Morgan fingerprint density at radius 2 is 1.32 bits per heavy atom. The maximum Gasteiger partial charge on any atom is 0.500 e. The lowest BCUT2D eigenvalue weighted by Crippen LogP contribution is -2.53. The van der Waals surface area contributed by atoms with E-state index in [-0.39, 0.29) is 5.60 Å². The van der Waals surface area contributed by atoms with Gasteiger partial charge in [-0.1, -0.05) is 13.3 Å². The molecule has 0 radical (unpaired) electrons. The number of ether oxygens (including phenoxy) is 3. The summed E-state index contributed by atoms with van der Waals surface area (Å²) in [6, 6.07) is 0.824. The summed E-state index contributed by atoms with van der Waals surface area (Å²) in [6.45, 7) is 4.60. The SMILES string of the molecule is CCC[Si](OC)(OC)OC(CC1CO1)(CC1CO1)CC1CO1. The van der Waals surface area contributed by atoms with Gasteiger partial charge in [0.1, 0.15) is 0 Å². The van der Waals surface area contributed by atoms with Crippen molar-refractivity contribution in [3.8, 4) is 0 Å². The van der Waals surface area contributed by atoms with E-state index in [1.54, 1.807) is 14.2 Å². The van der Waals surface area contributed by atoms with Gasteiger partial charge in [-0.05, 0) is 0 Å². The second-order valence-corrected chi connectivity index (χ2v) is 9.49. The molecule has 3 unspecified atom stereocenters. The molecule has 128 valence electrons. The second kappa shape index (κ2) is 6.84. The predicted molar refractivity (Wildman–Crippen MR) is 81.8 cm³/mol. The van der Waals surface area contributed by atoms with Gasteiger partial charge in [0.25, 0.3) is 0 Å². The number of epoxide rings is 3. The molecule has 3 aliphatic rings. The molecule has 22 heavy (non-hydrogen) atoms. The summed E-state index contributed by atoms with van der Waals surface area (Å²) in [6.07, 6.45) is 4.47. The van der Waals surface area contributed by atoms with Crippen molar-refractivity contribution >= 4 is 8.80 Å². The molecule has 3 heterocycles. The lowest BCUT2D eigenvalue weighted by Gasteiger charge is -2.40. The summed E-state index contributed by atoms with van der Waals surface area (Å²) in [4.78, 5) is 0. The van der Waals surface area contributed by atoms with Crippen LogP contribution in [0.5, 0.6) is 0 Å². The van der Waals surface area contributed by atoms with Gasteiger partial charge in [0.15, 0.2) is 0 Å². The first kappa shape index (κ1) is 16.8. The molecule has 0 aromatic rings. The Kier molecular flexibility index (Phi) is 5.23. The van der Waals surface area contributed by atoms with Gasteiger partial charge in [-0.3, -0.25) is 0 Å². The Hall–Kier alpha value is -0.0231. The van der Waals surface area contributed by atoms with Crippen LogP contribution in [-0.2, 0) is 27.5 Å². The van der Waals surface area contributed by atoms with Crippen LogP contribution in [0, 0.1) is 0 Å². The molecule has 0 aromatic heterocycles. The highest BCUT2D eigenvalue weighted by atomic mass is 28.4. The molecule has 3 fully saturated rings. The third kappa shape index (κ3) is 4.50. The normalized spacial score (nSPS) is 32.6. The molecule has 0 bridgehead atoms. The molecule has 7 heteroatoms. The van der Waals surface area contributed by atoms with E-state index in [0.717, 1.165) is 51.5 Å². The maximum absolute atomic E-state index is 6.67. The highest BCUT2D eigenvalue weighted by Crippen LogP contribution is 2.42. The number of rotatable bonds is 12. The molecule has 3 aliphatic heterocycles. The zero-order valence-corrected chi connectivity index (χ0v) is 14.8. The third-order valence-corrected chi connectivity index (χ3v) is 7.66. The van der Waals surface area contributed by atoms with E-state index in [2.05, 4.69) is 6.92 Å². The fourth-order valence-electron chi connectivity index (χ4n) is 3.24. The second-order valence-electron chi connectivity index (χ2n) is 6.60. The molecular weight excluding hydrogens is 304 g/mol. The van der Waals surface area contributed by atoms with E-state index in [1.807, 2.05) is 0 Å². The zero-order valence-electron chi connectivity index (χ0n) is 13.8. The molecule has 0 amide bonds. The highest BCUT2D eigenvalue weighted by Gasteiger charge is 2.53. The van der Waals surface area contributed by atoms with Crippen LogP contribution in [0.1, 0.15) is 32.6 Å². The summed E-state index contributed by atoms with van der Waals surface area (Å²) < 4.78 is 34.6. The minimum absolute atomic E-state index is 0.291. The smallest absolute Gasteiger partial charge is 0.377 e. The van der Waals surface area contributed by atoms with Gasteiger partial charge in [-0.25, -0.2) is 0 Å². The van der Waals surface area contributed by atoms with E-state index in [0.29, 0.717) is 18.3 Å². The number of hydrogen-bond donors (Lipinski definition) is 0. The van der Waals surface area contributed by atoms with E-state index >= 15 is 0 Å². The molecule has 3 atom stereocenters. The minimum Gasteiger partial charge on any atom is -0.377 e. The summed E-state index contributed by atoms with van der Waals surface area (Å²) in [5.41, 5.74) is -0.323. The van der Waals surface area contributed by atoms with E-state index in [1.165, 1.54) is 0 Å². The van der Waals surface area contributed by atoms with Crippen LogP contribution in [0.3, 0.4) is 0 Å². The van der Waals surface area contributed by atoms with E-state index in [4.69, 9.17) is 27.5 Å². The van der Waals surface area contributed by atoms with Crippen molar-refractivity contribution in [1.29, 1.82) is 0 Å². The first-order chi connectivity index (χ1) is 10.6. The van der Waals surface area contributed by atoms with Crippen molar-refractivity contribution in [3.05, 3.63) is 0 Å². The van der Waals surface area contributed by atoms with Crippen molar-refractivity contribution in [1.82, 2.24) is 0 Å². The summed E-state index contributed by atoms with van der Waals surface area (Å²) in [5.74, 6) is 0. The van der Waals surface area contributed by atoms with Crippen molar-refractivity contribution in [3.63, 3.8) is 0 Å². The van der Waals surface area contributed by atoms with Crippen molar-refractivity contribution < 1.29 is 27.5 Å². The first-order valence-corrected chi connectivity index (χ1v) is 10.2. The topological polar surface area (TPSA) is 65.3 Å². The Bertz CT molecular complexity index is 327. The van der Waals surface area contributed by atoms with Crippen LogP contribution in [0.2, 0.25) is 6.04 Å². The van der Waals surface area contributed by atoms with E-state index in [9.17, 15) is 0 Å². The fraction of sp³-hybridized carbons (Fsp3) is 1.00. The molecule has 3 saturated heterocycles. The molecule has 0 N–H and O–H groups in total. The molecule has 0 aliphatic carbocycles. The average molecular weight is 332 g/mol. The van der Waals surface area contributed by atoms with Crippen LogP contribution in [0.25, 0.3) is 0 Å². The monoisotopic (exact) mass is 332 g/mol. The number of hydrogen-bond acceptors (Lipinski definition) is 6. The van der Waals surface area contributed by atoms with Crippen molar-refractivity contribution in [2.75, 3.05) is 34.0 Å². The third-order valence-electron chi connectivity index (χ3n) is 4.56.